The summed E-state index contributed by atoms with van der Waals surface area (Å²) in [7, 11) is -2.13. The third kappa shape index (κ3) is 1.98. The molecule has 1 aliphatic rings. The Labute approximate surface area is 78.1 Å². The highest BCUT2D eigenvalue weighted by molar-refractivity contribution is 7.88. The van der Waals surface area contributed by atoms with Crippen LogP contribution in [0.4, 0.5) is 0 Å². The van der Waals surface area contributed by atoms with Crippen LogP contribution in [0.1, 0.15) is 13.8 Å². The van der Waals surface area contributed by atoms with Crippen LogP contribution in [0.3, 0.4) is 0 Å². The quantitative estimate of drug-likeness (QED) is 0.606. The van der Waals surface area contributed by atoms with E-state index in [2.05, 4.69) is 0 Å². The number of nitrogens with zero attached hydrogens (tertiary/aromatic N) is 1. The Morgan fingerprint density at radius 1 is 1.46 bits per heavy atom. The van der Waals surface area contributed by atoms with E-state index in [1.54, 1.807) is 0 Å². The van der Waals surface area contributed by atoms with Gasteiger partial charge in [0.1, 0.15) is 6.04 Å². The monoisotopic (exact) mass is 209 g/mol. The van der Waals surface area contributed by atoms with Gasteiger partial charge >= 0.3 is 10.2 Å². The van der Waals surface area contributed by atoms with Crippen LogP contribution in [0.15, 0.2) is 0 Å². The summed E-state index contributed by atoms with van der Waals surface area (Å²) in [6, 6.07) is -0.560. The normalized spacial score (nSPS) is 27.1. The Balaban J connectivity index is 0.00000144. The number of hydrogen-bond donors (Lipinski definition) is 2. The molecule has 0 aliphatic carbocycles. The largest absolute Gasteiger partial charge is 0.344 e. The number of amides is 1. The lowest BCUT2D eigenvalue weighted by molar-refractivity contribution is -0.122. The van der Waals surface area contributed by atoms with Crippen LogP contribution < -0.4 is 10.9 Å². The number of carbonyl (C=O) groups is 1. The van der Waals surface area contributed by atoms with Gasteiger partial charge in [-0.3, -0.25) is 4.79 Å². The number of rotatable bonds is 1. The molecule has 0 bridgehead atoms. The highest BCUT2D eigenvalue weighted by atomic mass is 32.2. The molecule has 1 fully saturated rings. The van der Waals surface area contributed by atoms with Crippen molar-refractivity contribution in [1.29, 1.82) is 0 Å². The first-order chi connectivity index (χ1) is 5.36. The van der Waals surface area contributed by atoms with E-state index < -0.39 is 22.2 Å². The molecule has 0 saturated carbocycles. The molecule has 1 heterocycles. The van der Waals surface area contributed by atoms with Crippen molar-refractivity contribution >= 4 is 16.1 Å². The molecule has 6 nitrogen and oxygen atoms in total. The molecule has 13 heavy (non-hydrogen) atoms. The minimum atomic E-state index is -3.53. The summed E-state index contributed by atoms with van der Waals surface area (Å²) in [5.41, 5.74) is 0. The first-order valence-electron chi connectivity index (χ1n) is 3.66. The van der Waals surface area contributed by atoms with Gasteiger partial charge in [0.05, 0.1) is 0 Å². The van der Waals surface area contributed by atoms with Gasteiger partial charge in [0.15, 0.2) is 0 Å². The van der Waals surface area contributed by atoms with Crippen molar-refractivity contribution in [2.75, 3.05) is 7.05 Å². The van der Waals surface area contributed by atoms with Crippen molar-refractivity contribution in [3.8, 4) is 0 Å². The van der Waals surface area contributed by atoms with Gasteiger partial charge in [0.25, 0.3) is 5.91 Å². The molecule has 7 heteroatoms. The molecular formula is C6H15N3O3S. The maximum Gasteiger partial charge on any atom is 0.304 e. The average molecular weight is 209 g/mol. The summed E-state index contributed by atoms with van der Waals surface area (Å²) in [6.07, 6.45) is 0. The van der Waals surface area contributed by atoms with E-state index in [-0.39, 0.29) is 12.1 Å². The van der Waals surface area contributed by atoms with Crippen LogP contribution in [0.5, 0.6) is 0 Å². The highest BCUT2D eigenvalue weighted by Crippen LogP contribution is 2.17. The SMILES string of the molecule is CC(C)C1C(=O)NS(=O)(=O)N1C.N. The first kappa shape index (κ1) is 12.3. The van der Waals surface area contributed by atoms with Crippen molar-refractivity contribution in [3.63, 3.8) is 0 Å². The maximum atomic E-state index is 11.1. The Hall–Kier alpha value is -0.660. The van der Waals surface area contributed by atoms with E-state index in [0.29, 0.717) is 0 Å². The Morgan fingerprint density at radius 2 is 1.92 bits per heavy atom. The molecule has 0 aromatic rings. The van der Waals surface area contributed by atoms with E-state index in [4.69, 9.17) is 0 Å². The second kappa shape index (κ2) is 3.60. The summed E-state index contributed by atoms with van der Waals surface area (Å²) >= 11 is 0. The van der Waals surface area contributed by atoms with Gasteiger partial charge < -0.3 is 6.15 Å². The van der Waals surface area contributed by atoms with E-state index in [1.165, 1.54) is 7.05 Å². The predicted molar refractivity (Wildman–Crippen MR) is 48.5 cm³/mol. The van der Waals surface area contributed by atoms with Gasteiger partial charge in [-0.05, 0) is 5.92 Å². The van der Waals surface area contributed by atoms with E-state index >= 15 is 0 Å². The first-order valence-corrected chi connectivity index (χ1v) is 5.10. The molecule has 4 N–H and O–H groups in total. The summed E-state index contributed by atoms with van der Waals surface area (Å²) < 4.78 is 25.2. The third-order valence-electron chi connectivity index (χ3n) is 1.90. The molecule has 1 amide bonds. The van der Waals surface area contributed by atoms with Crippen LogP contribution in [-0.2, 0) is 15.0 Å². The standard InChI is InChI=1S/C6H12N2O3S.H3N/c1-4(2)5-6(9)7-12(10,11)8(5)3;/h4-5H,1-3H3,(H,7,9);1H3. The molecule has 0 spiro atoms. The lowest BCUT2D eigenvalue weighted by Gasteiger charge is -2.17. The van der Waals surface area contributed by atoms with Gasteiger partial charge in [0.2, 0.25) is 0 Å². The molecule has 1 saturated heterocycles. The topological polar surface area (TPSA) is 101 Å². The molecule has 1 unspecified atom stereocenters. The molecule has 1 aliphatic heterocycles. The number of hydrogen-bond acceptors (Lipinski definition) is 4. The lowest BCUT2D eigenvalue weighted by Crippen LogP contribution is -2.35. The Kier molecular flexibility index (Phi) is 3.42. The average Bonchev–Trinajstić information content (AvgIpc) is 2.02. The fraction of sp³-hybridized carbons (Fsp3) is 0.833. The zero-order valence-corrected chi connectivity index (χ0v) is 8.76. The second-order valence-electron chi connectivity index (χ2n) is 3.18. The Morgan fingerprint density at radius 3 is 2.08 bits per heavy atom. The van der Waals surface area contributed by atoms with Crippen LogP contribution in [0.25, 0.3) is 0 Å². The van der Waals surface area contributed by atoms with Crippen LogP contribution in [0, 0.1) is 5.92 Å². The molecular weight excluding hydrogens is 194 g/mol. The fourth-order valence-electron chi connectivity index (χ4n) is 1.30. The van der Waals surface area contributed by atoms with Crippen LogP contribution in [0.2, 0.25) is 0 Å². The van der Waals surface area contributed by atoms with Crippen molar-refractivity contribution in [3.05, 3.63) is 0 Å². The van der Waals surface area contributed by atoms with Gasteiger partial charge in [-0.25, -0.2) is 4.72 Å². The maximum absolute atomic E-state index is 11.1. The third-order valence-corrected chi connectivity index (χ3v) is 3.35. The van der Waals surface area contributed by atoms with Gasteiger partial charge in [-0.2, -0.15) is 12.7 Å². The van der Waals surface area contributed by atoms with Gasteiger partial charge in [-0.15, -0.1) is 0 Å². The van der Waals surface area contributed by atoms with Gasteiger partial charge in [-0.1, -0.05) is 13.8 Å². The summed E-state index contributed by atoms with van der Waals surface area (Å²) in [5, 5.41) is 0. The predicted octanol–water partition coefficient (Wildman–Crippen LogP) is -0.521. The van der Waals surface area contributed by atoms with Crippen molar-refractivity contribution in [1.82, 2.24) is 15.2 Å². The molecule has 0 aromatic heterocycles. The van der Waals surface area contributed by atoms with Crippen LogP contribution in [-0.4, -0.2) is 31.7 Å². The van der Waals surface area contributed by atoms with Crippen molar-refractivity contribution in [2.45, 2.75) is 19.9 Å². The Bertz CT molecular complexity index is 298. The highest BCUT2D eigenvalue weighted by Gasteiger charge is 2.42. The molecule has 0 radical (unpaired) electrons. The summed E-state index contributed by atoms with van der Waals surface area (Å²) in [6.45, 7) is 3.61. The van der Waals surface area contributed by atoms with Crippen LogP contribution >= 0.6 is 0 Å². The van der Waals surface area contributed by atoms with Gasteiger partial charge in [0, 0.05) is 7.05 Å². The van der Waals surface area contributed by atoms with Crippen molar-refractivity contribution < 1.29 is 13.2 Å². The minimum Gasteiger partial charge on any atom is -0.344 e. The zero-order chi connectivity index (χ0) is 9.52. The summed E-state index contributed by atoms with van der Waals surface area (Å²) in [4.78, 5) is 11.1. The second-order valence-corrected chi connectivity index (χ2v) is 4.91. The molecule has 1 atom stereocenters. The fourth-order valence-corrected chi connectivity index (χ4v) is 2.45. The number of likely N-dealkylation sites (N-methyl/N-ethyl adjacent to an activating group) is 1. The smallest absolute Gasteiger partial charge is 0.304 e. The number of carbonyl (C=O) groups excluding carboxylic acids is 1. The lowest BCUT2D eigenvalue weighted by atomic mass is 10.0. The van der Waals surface area contributed by atoms with Crippen molar-refractivity contribution in [2.24, 2.45) is 5.92 Å². The van der Waals surface area contributed by atoms with E-state index in [1.807, 2.05) is 18.6 Å². The number of nitrogens with one attached hydrogen (secondary N) is 1. The molecule has 78 valence electrons. The molecule has 0 aromatic carbocycles. The van der Waals surface area contributed by atoms with E-state index in [9.17, 15) is 13.2 Å². The summed E-state index contributed by atoms with van der Waals surface area (Å²) in [5.74, 6) is -0.445. The van der Waals surface area contributed by atoms with E-state index in [0.717, 1.165) is 4.31 Å². The minimum absolute atomic E-state index is 0. The zero-order valence-electron chi connectivity index (χ0n) is 7.94. The molecule has 1 rings (SSSR count).